The Bertz CT molecular complexity index is 735. The lowest BCUT2D eigenvalue weighted by Gasteiger charge is -2.56. The Balaban J connectivity index is 1.39. The normalized spacial score (nSPS) is 32.6. The van der Waals surface area contributed by atoms with Gasteiger partial charge >= 0.3 is 0 Å². The second-order valence-electron chi connectivity index (χ2n) is 8.30. The molecule has 0 atom stereocenters. The van der Waals surface area contributed by atoms with Crippen LogP contribution in [0.1, 0.15) is 38.5 Å². The molecule has 1 heterocycles. The fraction of sp³-hybridized carbons (Fsp3) is 0.667. The highest BCUT2D eigenvalue weighted by Crippen LogP contribution is 2.59. The number of aromatic nitrogens is 1. The molecular formula is C18H23N3O4. The molecule has 0 radical (unpaired) electrons. The van der Waals surface area contributed by atoms with E-state index in [0.29, 0.717) is 6.54 Å². The highest BCUT2D eigenvalue weighted by Gasteiger charge is 2.50. The van der Waals surface area contributed by atoms with Crippen molar-refractivity contribution in [3.8, 4) is 0 Å². The van der Waals surface area contributed by atoms with Gasteiger partial charge in [-0.25, -0.2) is 0 Å². The van der Waals surface area contributed by atoms with E-state index in [4.69, 9.17) is 0 Å². The van der Waals surface area contributed by atoms with Crippen molar-refractivity contribution in [3.05, 3.63) is 38.8 Å². The molecule has 4 aliphatic rings. The van der Waals surface area contributed by atoms with Gasteiger partial charge in [-0.1, -0.05) is 0 Å². The second-order valence-corrected chi connectivity index (χ2v) is 8.30. The SMILES string of the molecule is O=C(Cn1cc([N+](=O)[O-])ccc1=O)NCC12CC3CC(CC(C3)C1)C2. The van der Waals surface area contributed by atoms with E-state index >= 15 is 0 Å². The number of nitrogens with one attached hydrogen (secondary N) is 1. The number of carbonyl (C=O) groups excluding carboxylic acids is 1. The summed E-state index contributed by atoms with van der Waals surface area (Å²) < 4.78 is 1.10. The summed E-state index contributed by atoms with van der Waals surface area (Å²) in [5, 5.41) is 13.8. The Morgan fingerprint density at radius 2 is 1.80 bits per heavy atom. The van der Waals surface area contributed by atoms with Crippen LogP contribution in [0.4, 0.5) is 5.69 Å². The van der Waals surface area contributed by atoms with Crippen LogP contribution in [0.25, 0.3) is 0 Å². The molecule has 7 heteroatoms. The van der Waals surface area contributed by atoms with Crippen LogP contribution in [0.3, 0.4) is 0 Å². The van der Waals surface area contributed by atoms with Crippen molar-refractivity contribution >= 4 is 11.6 Å². The third kappa shape index (κ3) is 3.19. The number of rotatable bonds is 5. The first-order valence-corrected chi connectivity index (χ1v) is 9.04. The third-order valence-corrected chi connectivity index (χ3v) is 6.32. The van der Waals surface area contributed by atoms with Gasteiger partial charge in [-0.05, 0) is 61.7 Å². The summed E-state index contributed by atoms with van der Waals surface area (Å²) in [6, 6.07) is 2.29. The first-order chi connectivity index (χ1) is 11.9. The summed E-state index contributed by atoms with van der Waals surface area (Å²) in [4.78, 5) is 34.4. The van der Waals surface area contributed by atoms with E-state index in [1.165, 1.54) is 38.5 Å². The molecule has 0 aliphatic heterocycles. The van der Waals surface area contributed by atoms with Gasteiger partial charge in [0.05, 0.1) is 11.1 Å². The number of hydrogen-bond donors (Lipinski definition) is 1. The number of pyridine rings is 1. The lowest BCUT2D eigenvalue weighted by molar-refractivity contribution is -0.385. The van der Waals surface area contributed by atoms with Crippen LogP contribution in [-0.2, 0) is 11.3 Å². The van der Waals surface area contributed by atoms with Crippen molar-refractivity contribution < 1.29 is 9.72 Å². The molecule has 0 spiro atoms. The van der Waals surface area contributed by atoms with E-state index in [1.54, 1.807) is 0 Å². The first-order valence-electron chi connectivity index (χ1n) is 9.04. The molecule has 0 aromatic carbocycles. The first kappa shape index (κ1) is 16.3. The molecule has 134 valence electrons. The number of amides is 1. The number of nitro groups is 1. The smallest absolute Gasteiger partial charge is 0.285 e. The maximum atomic E-state index is 12.3. The summed E-state index contributed by atoms with van der Waals surface area (Å²) in [6.45, 7) is 0.492. The zero-order chi connectivity index (χ0) is 17.6. The number of hydrogen-bond acceptors (Lipinski definition) is 4. The standard InChI is InChI=1S/C18H23N3O4/c22-16(10-20-9-15(21(24)25)1-2-17(20)23)19-11-18-6-12-3-13(7-18)5-14(4-12)8-18/h1-2,9,12-14H,3-8,10-11H2,(H,19,22). The summed E-state index contributed by atoms with van der Waals surface area (Å²) in [5.74, 6) is 2.21. The van der Waals surface area contributed by atoms with Crippen molar-refractivity contribution in [2.45, 2.75) is 45.1 Å². The Labute approximate surface area is 145 Å². The molecule has 0 saturated heterocycles. The maximum absolute atomic E-state index is 12.3. The highest BCUT2D eigenvalue weighted by atomic mass is 16.6. The summed E-state index contributed by atoms with van der Waals surface area (Å²) in [5.41, 5.74) is -0.359. The van der Waals surface area contributed by atoms with E-state index in [2.05, 4.69) is 5.32 Å². The quantitative estimate of drug-likeness (QED) is 0.653. The topological polar surface area (TPSA) is 94.2 Å². The molecule has 5 rings (SSSR count). The predicted molar refractivity (Wildman–Crippen MR) is 91.0 cm³/mol. The summed E-state index contributed by atoms with van der Waals surface area (Å²) in [7, 11) is 0. The van der Waals surface area contributed by atoms with Crippen molar-refractivity contribution in [1.29, 1.82) is 0 Å². The van der Waals surface area contributed by atoms with E-state index in [9.17, 15) is 19.7 Å². The lowest BCUT2D eigenvalue weighted by Crippen LogP contribution is -2.51. The van der Waals surface area contributed by atoms with Gasteiger partial charge in [-0.15, -0.1) is 0 Å². The Morgan fingerprint density at radius 3 is 2.36 bits per heavy atom. The van der Waals surface area contributed by atoms with E-state index in [0.717, 1.165) is 40.7 Å². The van der Waals surface area contributed by atoms with E-state index in [1.807, 2.05) is 0 Å². The van der Waals surface area contributed by atoms with Gasteiger partial charge in [0.1, 0.15) is 6.54 Å². The zero-order valence-corrected chi connectivity index (χ0v) is 14.1. The molecular weight excluding hydrogens is 322 g/mol. The predicted octanol–water partition coefficient (Wildman–Crippen LogP) is 2.09. The molecule has 4 saturated carbocycles. The maximum Gasteiger partial charge on any atom is 0.285 e. The largest absolute Gasteiger partial charge is 0.354 e. The van der Waals surface area contributed by atoms with Crippen molar-refractivity contribution in [2.75, 3.05) is 6.54 Å². The van der Waals surface area contributed by atoms with Crippen LogP contribution in [0.15, 0.2) is 23.1 Å². The van der Waals surface area contributed by atoms with Gasteiger partial charge in [-0.2, -0.15) is 0 Å². The third-order valence-electron chi connectivity index (χ3n) is 6.32. The zero-order valence-electron chi connectivity index (χ0n) is 14.1. The monoisotopic (exact) mass is 345 g/mol. The molecule has 4 fully saturated rings. The molecule has 0 unspecified atom stereocenters. The Hall–Kier alpha value is -2.18. The molecule has 7 nitrogen and oxygen atoms in total. The molecule has 1 amide bonds. The molecule has 4 bridgehead atoms. The van der Waals surface area contributed by atoms with Gasteiger partial charge in [0.25, 0.3) is 11.2 Å². The van der Waals surface area contributed by atoms with Crippen LogP contribution < -0.4 is 10.9 Å². The Kier molecular flexibility index (Phi) is 3.89. The fourth-order valence-electron chi connectivity index (χ4n) is 5.75. The molecule has 1 aromatic rings. The fourth-order valence-corrected chi connectivity index (χ4v) is 5.75. The van der Waals surface area contributed by atoms with Gasteiger partial charge in [-0.3, -0.25) is 24.3 Å². The molecule has 1 aromatic heterocycles. The number of nitrogens with zero attached hydrogens (tertiary/aromatic N) is 2. The average Bonchev–Trinajstić information content (AvgIpc) is 2.54. The average molecular weight is 345 g/mol. The summed E-state index contributed by atoms with van der Waals surface area (Å²) >= 11 is 0. The Morgan fingerprint density at radius 1 is 1.20 bits per heavy atom. The van der Waals surface area contributed by atoms with Gasteiger partial charge < -0.3 is 5.32 Å². The van der Waals surface area contributed by atoms with Crippen LogP contribution in [0.2, 0.25) is 0 Å². The minimum absolute atomic E-state index is 0.174. The van der Waals surface area contributed by atoms with Gasteiger partial charge in [0.15, 0.2) is 0 Å². The minimum atomic E-state index is -0.566. The highest BCUT2D eigenvalue weighted by molar-refractivity contribution is 5.75. The lowest BCUT2D eigenvalue weighted by atomic mass is 9.49. The van der Waals surface area contributed by atoms with Crippen LogP contribution in [-0.4, -0.2) is 21.9 Å². The van der Waals surface area contributed by atoms with Crippen LogP contribution in [0.5, 0.6) is 0 Å². The van der Waals surface area contributed by atoms with E-state index in [-0.39, 0.29) is 23.6 Å². The number of carbonyl (C=O) groups is 1. The molecule has 25 heavy (non-hydrogen) atoms. The van der Waals surface area contributed by atoms with Crippen LogP contribution in [0, 0.1) is 33.3 Å². The van der Waals surface area contributed by atoms with Gasteiger partial charge in [0, 0.05) is 18.7 Å². The molecule has 4 aliphatic carbocycles. The summed E-state index contributed by atoms with van der Waals surface area (Å²) in [6.07, 6.45) is 8.82. The van der Waals surface area contributed by atoms with Crippen molar-refractivity contribution in [1.82, 2.24) is 9.88 Å². The van der Waals surface area contributed by atoms with Crippen molar-refractivity contribution in [2.24, 2.45) is 23.2 Å². The van der Waals surface area contributed by atoms with Gasteiger partial charge in [0.2, 0.25) is 5.91 Å². The van der Waals surface area contributed by atoms with E-state index < -0.39 is 10.5 Å². The van der Waals surface area contributed by atoms with Crippen molar-refractivity contribution in [3.63, 3.8) is 0 Å². The second kappa shape index (κ2) is 5.97. The molecule has 1 N–H and O–H groups in total. The van der Waals surface area contributed by atoms with Crippen LogP contribution >= 0.6 is 0 Å². The minimum Gasteiger partial charge on any atom is -0.354 e.